The van der Waals surface area contributed by atoms with Crippen molar-refractivity contribution in [1.82, 2.24) is 14.4 Å². The van der Waals surface area contributed by atoms with Crippen molar-refractivity contribution in [2.75, 3.05) is 32.8 Å². The van der Waals surface area contributed by atoms with Crippen LogP contribution in [-0.2, 0) is 11.8 Å². The van der Waals surface area contributed by atoms with Gasteiger partial charge in [0.15, 0.2) is 0 Å². The number of amides is 1. The van der Waals surface area contributed by atoms with E-state index in [-0.39, 0.29) is 23.6 Å². The SMILES string of the molecule is Cn1c(C(=O)N2CC[C@@H]3OCCN(CC4CC4)[C@H]3C2)cccc1=O. The highest BCUT2D eigenvalue weighted by molar-refractivity contribution is 5.92. The fourth-order valence-corrected chi connectivity index (χ4v) is 3.93. The van der Waals surface area contributed by atoms with Crippen LogP contribution in [0.2, 0.25) is 0 Å². The van der Waals surface area contributed by atoms with E-state index in [0.29, 0.717) is 18.8 Å². The first-order valence-electron chi connectivity index (χ1n) is 8.94. The summed E-state index contributed by atoms with van der Waals surface area (Å²) >= 11 is 0. The average molecular weight is 331 g/mol. The van der Waals surface area contributed by atoms with Crippen LogP contribution in [0.1, 0.15) is 29.8 Å². The number of carbonyl (C=O) groups is 1. The van der Waals surface area contributed by atoms with Crippen LogP contribution >= 0.6 is 0 Å². The number of nitrogens with zero attached hydrogens (tertiary/aromatic N) is 3. The van der Waals surface area contributed by atoms with Crippen LogP contribution in [0.25, 0.3) is 0 Å². The highest BCUT2D eigenvalue weighted by Gasteiger charge is 2.40. The topological polar surface area (TPSA) is 54.8 Å². The third-order valence-corrected chi connectivity index (χ3v) is 5.58. The molecule has 0 unspecified atom stereocenters. The van der Waals surface area contributed by atoms with Gasteiger partial charge in [-0.3, -0.25) is 14.5 Å². The Bertz CT molecular complexity index is 682. The number of morpholine rings is 1. The zero-order chi connectivity index (χ0) is 16.7. The number of ether oxygens (including phenoxy) is 1. The highest BCUT2D eigenvalue weighted by Crippen LogP contribution is 2.33. The maximum absolute atomic E-state index is 12.9. The minimum Gasteiger partial charge on any atom is -0.375 e. The molecule has 2 saturated heterocycles. The lowest BCUT2D eigenvalue weighted by molar-refractivity contribution is -0.0989. The van der Waals surface area contributed by atoms with Gasteiger partial charge in [-0.2, -0.15) is 0 Å². The molecular formula is C18H25N3O3. The van der Waals surface area contributed by atoms with E-state index in [9.17, 15) is 9.59 Å². The molecule has 3 fully saturated rings. The summed E-state index contributed by atoms with van der Waals surface area (Å²) in [5.74, 6) is 0.787. The maximum atomic E-state index is 12.9. The van der Waals surface area contributed by atoms with Gasteiger partial charge in [0.2, 0.25) is 0 Å². The standard InChI is InChI=1S/C18H25N3O3/c1-19-14(3-2-4-17(19)22)18(23)21-8-7-16-15(12-21)20(9-10-24-16)11-13-5-6-13/h2-4,13,15-16H,5-12H2,1H3/t15-,16-/m0/s1. The normalized spacial score (nSPS) is 27.8. The molecule has 1 amide bonds. The summed E-state index contributed by atoms with van der Waals surface area (Å²) in [7, 11) is 1.66. The summed E-state index contributed by atoms with van der Waals surface area (Å²) in [6, 6.07) is 5.16. The molecule has 1 aliphatic carbocycles. The third-order valence-electron chi connectivity index (χ3n) is 5.58. The summed E-state index contributed by atoms with van der Waals surface area (Å²) in [5.41, 5.74) is 0.318. The predicted molar refractivity (Wildman–Crippen MR) is 90.0 cm³/mol. The molecule has 6 nitrogen and oxygen atoms in total. The number of pyridine rings is 1. The van der Waals surface area contributed by atoms with Crippen LogP contribution in [-0.4, -0.2) is 65.2 Å². The summed E-state index contributed by atoms with van der Waals surface area (Å²) in [5, 5.41) is 0. The molecule has 2 aliphatic heterocycles. The Morgan fingerprint density at radius 3 is 2.88 bits per heavy atom. The van der Waals surface area contributed by atoms with Crippen molar-refractivity contribution in [2.45, 2.75) is 31.4 Å². The smallest absolute Gasteiger partial charge is 0.270 e. The molecule has 1 aromatic heterocycles. The van der Waals surface area contributed by atoms with E-state index in [4.69, 9.17) is 4.74 Å². The van der Waals surface area contributed by atoms with E-state index in [1.54, 1.807) is 19.2 Å². The van der Waals surface area contributed by atoms with Gasteiger partial charge in [0, 0.05) is 39.3 Å². The molecule has 3 aliphatic rings. The number of aromatic nitrogens is 1. The van der Waals surface area contributed by atoms with E-state index in [1.807, 2.05) is 4.90 Å². The molecule has 0 spiro atoms. The molecule has 0 aromatic carbocycles. The second kappa shape index (κ2) is 6.33. The Morgan fingerprint density at radius 1 is 1.25 bits per heavy atom. The zero-order valence-electron chi connectivity index (χ0n) is 14.2. The molecule has 6 heteroatoms. The van der Waals surface area contributed by atoms with Crippen LogP contribution in [0.5, 0.6) is 0 Å². The molecule has 0 N–H and O–H groups in total. The Kier molecular flexibility index (Phi) is 4.18. The van der Waals surface area contributed by atoms with E-state index < -0.39 is 0 Å². The molecule has 24 heavy (non-hydrogen) atoms. The summed E-state index contributed by atoms with van der Waals surface area (Å²) in [6.45, 7) is 4.29. The second-order valence-electron chi connectivity index (χ2n) is 7.26. The molecule has 4 rings (SSSR count). The van der Waals surface area contributed by atoms with Crippen LogP contribution in [0.4, 0.5) is 0 Å². The minimum absolute atomic E-state index is 0.0504. The summed E-state index contributed by atoms with van der Waals surface area (Å²) in [4.78, 5) is 29.1. The molecular weight excluding hydrogens is 306 g/mol. The molecule has 2 atom stereocenters. The van der Waals surface area contributed by atoms with Gasteiger partial charge >= 0.3 is 0 Å². The van der Waals surface area contributed by atoms with Crippen molar-refractivity contribution in [3.63, 3.8) is 0 Å². The van der Waals surface area contributed by atoms with Crippen molar-refractivity contribution in [3.8, 4) is 0 Å². The Morgan fingerprint density at radius 2 is 2.08 bits per heavy atom. The summed E-state index contributed by atoms with van der Waals surface area (Å²) < 4.78 is 7.39. The van der Waals surface area contributed by atoms with Crippen LogP contribution in [0.3, 0.4) is 0 Å². The van der Waals surface area contributed by atoms with Crippen molar-refractivity contribution < 1.29 is 9.53 Å². The molecule has 1 saturated carbocycles. The molecule has 0 radical (unpaired) electrons. The first kappa shape index (κ1) is 15.8. The Labute approximate surface area is 142 Å². The quantitative estimate of drug-likeness (QED) is 0.819. The number of hydrogen-bond acceptors (Lipinski definition) is 4. The monoisotopic (exact) mass is 331 g/mol. The number of fused-ring (bicyclic) bond motifs is 1. The zero-order valence-corrected chi connectivity index (χ0v) is 14.2. The first-order chi connectivity index (χ1) is 11.6. The van der Waals surface area contributed by atoms with Gasteiger partial charge < -0.3 is 14.2 Å². The van der Waals surface area contributed by atoms with E-state index in [1.165, 1.54) is 23.5 Å². The number of likely N-dealkylation sites (tertiary alicyclic amines) is 1. The number of hydrogen-bond donors (Lipinski definition) is 0. The molecule has 130 valence electrons. The fraction of sp³-hybridized carbons (Fsp3) is 0.667. The summed E-state index contributed by atoms with van der Waals surface area (Å²) in [6.07, 6.45) is 3.78. The highest BCUT2D eigenvalue weighted by atomic mass is 16.5. The fourth-order valence-electron chi connectivity index (χ4n) is 3.93. The lowest BCUT2D eigenvalue weighted by Gasteiger charge is -2.47. The van der Waals surface area contributed by atoms with Gasteiger partial charge in [-0.25, -0.2) is 0 Å². The number of rotatable bonds is 3. The third kappa shape index (κ3) is 3.00. The van der Waals surface area contributed by atoms with Crippen molar-refractivity contribution in [3.05, 3.63) is 34.2 Å². The van der Waals surface area contributed by atoms with Crippen molar-refractivity contribution in [2.24, 2.45) is 13.0 Å². The number of carbonyl (C=O) groups excluding carboxylic acids is 1. The predicted octanol–water partition coefficient (Wildman–Crippen LogP) is 0.711. The van der Waals surface area contributed by atoms with Crippen LogP contribution in [0, 0.1) is 5.92 Å². The second-order valence-corrected chi connectivity index (χ2v) is 7.26. The minimum atomic E-state index is -0.146. The van der Waals surface area contributed by atoms with Crippen molar-refractivity contribution in [1.29, 1.82) is 0 Å². The van der Waals surface area contributed by atoms with Gasteiger partial charge in [-0.05, 0) is 31.2 Å². The van der Waals surface area contributed by atoms with Gasteiger partial charge in [-0.1, -0.05) is 6.07 Å². The van der Waals surface area contributed by atoms with E-state index in [0.717, 1.165) is 32.0 Å². The Hall–Kier alpha value is -1.66. The van der Waals surface area contributed by atoms with Gasteiger partial charge in [0.25, 0.3) is 11.5 Å². The van der Waals surface area contributed by atoms with E-state index >= 15 is 0 Å². The number of piperidine rings is 1. The maximum Gasteiger partial charge on any atom is 0.270 e. The lowest BCUT2D eigenvalue weighted by Crippen LogP contribution is -2.61. The molecule has 0 bridgehead atoms. The Balaban J connectivity index is 1.51. The largest absolute Gasteiger partial charge is 0.375 e. The van der Waals surface area contributed by atoms with Gasteiger partial charge in [0.1, 0.15) is 5.69 Å². The van der Waals surface area contributed by atoms with Crippen LogP contribution < -0.4 is 5.56 Å². The lowest BCUT2D eigenvalue weighted by atomic mass is 9.98. The average Bonchev–Trinajstić information content (AvgIpc) is 3.41. The molecule has 1 aromatic rings. The first-order valence-corrected chi connectivity index (χ1v) is 8.94. The van der Waals surface area contributed by atoms with Gasteiger partial charge in [-0.15, -0.1) is 0 Å². The van der Waals surface area contributed by atoms with E-state index in [2.05, 4.69) is 4.90 Å². The van der Waals surface area contributed by atoms with Crippen molar-refractivity contribution >= 4 is 5.91 Å². The molecule has 3 heterocycles. The van der Waals surface area contributed by atoms with Gasteiger partial charge in [0.05, 0.1) is 18.8 Å². The van der Waals surface area contributed by atoms with Crippen LogP contribution in [0.15, 0.2) is 23.0 Å².